The van der Waals surface area contributed by atoms with Gasteiger partial charge in [0, 0.05) is 24.7 Å². The van der Waals surface area contributed by atoms with Crippen molar-refractivity contribution in [3.05, 3.63) is 33.9 Å². The number of amides is 1. The van der Waals surface area contributed by atoms with E-state index in [2.05, 4.69) is 5.32 Å². The van der Waals surface area contributed by atoms with Crippen LogP contribution in [0.3, 0.4) is 0 Å². The second-order valence-corrected chi connectivity index (χ2v) is 7.11. The number of anilines is 1. The van der Waals surface area contributed by atoms with Gasteiger partial charge in [0.1, 0.15) is 11.3 Å². The number of benzene rings is 1. The normalized spacial score (nSPS) is 15.9. The fraction of sp³-hybridized carbons (Fsp3) is 0.588. The summed E-state index contributed by atoms with van der Waals surface area (Å²) >= 11 is 0. The van der Waals surface area contributed by atoms with Gasteiger partial charge in [-0.25, -0.2) is 4.79 Å². The summed E-state index contributed by atoms with van der Waals surface area (Å²) in [6, 6.07) is 5.37. The molecule has 0 atom stereocenters. The Morgan fingerprint density at radius 1 is 1.33 bits per heavy atom. The second-order valence-electron chi connectivity index (χ2n) is 7.11. The number of piperidine rings is 1. The van der Waals surface area contributed by atoms with E-state index < -0.39 is 5.60 Å². The summed E-state index contributed by atoms with van der Waals surface area (Å²) in [6.07, 6.45) is 1.15. The molecular weight excluding hydrogens is 310 g/mol. The second kappa shape index (κ2) is 7.07. The fourth-order valence-corrected chi connectivity index (χ4v) is 2.77. The van der Waals surface area contributed by atoms with Crippen molar-refractivity contribution in [2.45, 2.75) is 52.2 Å². The predicted octanol–water partition coefficient (Wildman–Crippen LogP) is 3.71. The SMILES string of the molecule is Cc1cccc(NC2CCN(C(=O)OC(C)(C)C)CC2)c1[N+](=O)[O-]. The predicted molar refractivity (Wildman–Crippen MR) is 92.3 cm³/mol. The average Bonchev–Trinajstić information content (AvgIpc) is 2.45. The highest BCUT2D eigenvalue weighted by molar-refractivity contribution is 5.68. The van der Waals surface area contributed by atoms with Crippen LogP contribution < -0.4 is 5.32 Å². The first-order valence-corrected chi connectivity index (χ1v) is 8.16. The molecular formula is C17H25N3O4. The van der Waals surface area contributed by atoms with Crippen LogP contribution in [0.5, 0.6) is 0 Å². The Morgan fingerprint density at radius 2 is 1.96 bits per heavy atom. The van der Waals surface area contributed by atoms with E-state index in [1.807, 2.05) is 20.8 Å². The summed E-state index contributed by atoms with van der Waals surface area (Å²) in [4.78, 5) is 24.7. The lowest BCUT2D eigenvalue weighted by molar-refractivity contribution is -0.384. The summed E-state index contributed by atoms with van der Waals surface area (Å²) in [7, 11) is 0. The average molecular weight is 335 g/mol. The molecule has 0 aromatic heterocycles. The van der Waals surface area contributed by atoms with Gasteiger partial charge in [-0.15, -0.1) is 0 Å². The maximum Gasteiger partial charge on any atom is 0.410 e. The topological polar surface area (TPSA) is 84.7 Å². The molecule has 132 valence electrons. The zero-order valence-electron chi connectivity index (χ0n) is 14.7. The number of likely N-dealkylation sites (tertiary alicyclic amines) is 1. The highest BCUT2D eigenvalue weighted by Crippen LogP contribution is 2.30. The molecule has 24 heavy (non-hydrogen) atoms. The first kappa shape index (κ1) is 18.0. The van der Waals surface area contributed by atoms with Crippen molar-refractivity contribution in [2.75, 3.05) is 18.4 Å². The molecule has 1 amide bonds. The molecule has 0 radical (unpaired) electrons. The number of nitrogens with one attached hydrogen (secondary N) is 1. The number of nitrogens with zero attached hydrogens (tertiary/aromatic N) is 2. The standard InChI is InChI=1S/C17H25N3O4/c1-12-6-5-7-14(15(12)20(22)23)18-13-8-10-19(11-9-13)16(21)24-17(2,3)4/h5-7,13,18H,8-11H2,1-4H3. The zero-order chi connectivity index (χ0) is 17.9. The molecule has 1 aromatic carbocycles. The van der Waals surface area contributed by atoms with Gasteiger partial charge in [0.05, 0.1) is 4.92 Å². The molecule has 1 N–H and O–H groups in total. The summed E-state index contributed by atoms with van der Waals surface area (Å²) < 4.78 is 5.37. The van der Waals surface area contributed by atoms with Gasteiger partial charge in [-0.3, -0.25) is 10.1 Å². The third-order valence-corrected chi connectivity index (χ3v) is 3.93. The van der Waals surface area contributed by atoms with Crippen molar-refractivity contribution < 1.29 is 14.5 Å². The molecule has 7 heteroatoms. The molecule has 1 aliphatic rings. The highest BCUT2D eigenvalue weighted by atomic mass is 16.6. The summed E-state index contributed by atoms with van der Waals surface area (Å²) in [6.45, 7) is 8.41. The van der Waals surface area contributed by atoms with E-state index in [0.29, 0.717) is 24.3 Å². The minimum Gasteiger partial charge on any atom is -0.444 e. The Bertz CT molecular complexity index is 617. The lowest BCUT2D eigenvalue weighted by Gasteiger charge is -2.34. The van der Waals surface area contributed by atoms with Crippen molar-refractivity contribution in [3.63, 3.8) is 0 Å². The van der Waals surface area contributed by atoms with Crippen molar-refractivity contribution in [1.29, 1.82) is 0 Å². The molecule has 0 saturated carbocycles. The number of rotatable bonds is 3. The number of carbonyl (C=O) groups excluding carboxylic acids is 1. The van der Waals surface area contributed by atoms with Crippen molar-refractivity contribution in [1.82, 2.24) is 4.90 Å². The Balaban J connectivity index is 1.96. The smallest absolute Gasteiger partial charge is 0.410 e. The summed E-state index contributed by atoms with van der Waals surface area (Å²) in [5.74, 6) is 0. The van der Waals surface area contributed by atoms with Gasteiger partial charge >= 0.3 is 6.09 Å². The van der Waals surface area contributed by atoms with E-state index >= 15 is 0 Å². The van der Waals surface area contributed by atoms with E-state index in [1.165, 1.54) is 0 Å². The molecule has 0 spiro atoms. The molecule has 1 aliphatic heterocycles. The van der Waals surface area contributed by atoms with Gasteiger partial charge in [-0.05, 0) is 46.6 Å². The number of hydrogen-bond acceptors (Lipinski definition) is 5. The van der Waals surface area contributed by atoms with Gasteiger partial charge < -0.3 is 15.0 Å². The fourth-order valence-electron chi connectivity index (χ4n) is 2.77. The third kappa shape index (κ3) is 4.59. The van der Waals surface area contributed by atoms with Crippen LogP contribution in [0.2, 0.25) is 0 Å². The van der Waals surface area contributed by atoms with Crippen LogP contribution in [0, 0.1) is 17.0 Å². The maximum absolute atomic E-state index is 12.1. The van der Waals surface area contributed by atoms with Crippen LogP contribution in [-0.2, 0) is 4.74 Å². The largest absolute Gasteiger partial charge is 0.444 e. The van der Waals surface area contributed by atoms with Gasteiger partial charge in [0.15, 0.2) is 0 Å². The number of carbonyl (C=O) groups is 1. The molecule has 7 nitrogen and oxygen atoms in total. The first-order chi connectivity index (χ1) is 11.2. The molecule has 2 rings (SSSR count). The number of ether oxygens (including phenoxy) is 1. The molecule has 1 aromatic rings. The molecule has 1 fully saturated rings. The number of nitro groups is 1. The quantitative estimate of drug-likeness (QED) is 0.672. The maximum atomic E-state index is 12.1. The van der Waals surface area contributed by atoms with Crippen molar-refractivity contribution >= 4 is 17.5 Å². The van der Waals surface area contributed by atoms with Crippen molar-refractivity contribution in [2.24, 2.45) is 0 Å². The Hall–Kier alpha value is -2.31. The molecule has 0 bridgehead atoms. The van der Waals surface area contributed by atoms with Gasteiger partial charge in [-0.2, -0.15) is 0 Å². The number of aryl methyl sites for hydroxylation is 1. The Kier molecular flexibility index (Phi) is 5.31. The highest BCUT2D eigenvalue weighted by Gasteiger charge is 2.28. The van der Waals surface area contributed by atoms with Crippen LogP contribution in [0.4, 0.5) is 16.2 Å². The van der Waals surface area contributed by atoms with Crippen molar-refractivity contribution in [3.8, 4) is 0 Å². The Labute approximate surface area is 142 Å². The summed E-state index contributed by atoms with van der Waals surface area (Å²) in [5.41, 5.74) is 0.785. The minimum absolute atomic E-state index is 0.101. The minimum atomic E-state index is -0.506. The zero-order valence-corrected chi connectivity index (χ0v) is 14.7. The van der Waals surface area contributed by atoms with E-state index in [0.717, 1.165) is 12.8 Å². The van der Waals surface area contributed by atoms with Gasteiger partial charge in [0.2, 0.25) is 0 Å². The van der Waals surface area contributed by atoms with E-state index in [-0.39, 0.29) is 22.7 Å². The molecule has 1 saturated heterocycles. The van der Waals surface area contributed by atoms with Crippen LogP contribution in [0.15, 0.2) is 18.2 Å². The van der Waals surface area contributed by atoms with E-state index in [4.69, 9.17) is 4.74 Å². The van der Waals surface area contributed by atoms with Crippen LogP contribution >= 0.6 is 0 Å². The molecule has 0 unspecified atom stereocenters. The monoisotopic (exact) mass is 335 g/mol. The Morgan fingerprint density at radius 3 is 2.50 bits per heavy atom. The lowest BCUT2D eigenvalue weighted by atomic mass is 10.0. The number of nitro benzene ring substituents is 1. The molecule has 0 aliphatic carbocycles. The lowest BCUT2D eigenvalue weighted by Crippen LogP contribution is -2.44. The number of hydrogen-bond donors (Lipinski definition) is 1. The van der Waals surface area contributed by atoms with E-state index in [9.17, 15) is 14.9 Å². The van der Waals surface area contributed by atoms with Gasteiger partial charge in [-0.1, -0.05) is 12.1 Å². The first-order valence-electron chi connectivity index (χ1n) is 8.16. The van der Waals surface area contributed by atoms with Crippen LogP contribution in [0.1, 0.15) is 39.2 Å². The van der Waals surface area contributed by atoms with Crippen LogP contribution in [-0.4, -0.2) is 40.6 Å². The van der Waals surface area contributed by atoms with Crippen LogP contribution in [0.25, 0.3) is 0 Å². The molecule has 1 heterocycles. The van der Waals surface area contributed by atoms with Gasteiger partial charge in [0.25, 0.3) is 5.69 Å². The third-order valence-electron chi connectivity index (χ3n) is 3.93. The number of para-hydroxylation sites is 1. The summed E-state index contributed by atoms with van der Waals surface area (Å²) in [5, 5.41) is 14.5. The van der Waals surface area contributed by atoms with E-state index in [1.54, 1.807) is 30.0 Å².